The number of benzene rings is 2. The van der Waals surface area contributed by atoms with Gasteiger partial charge in [0, 0.05) is 12.6 Å². The van der Waals surface area contributed by atoms with Crippen LogP contribution < -0.4 is 5.32 Å². The fourth-order valence-electron chi connectivity index (χ4n) is 1.99. The fourth-order valence-corrected chi connectivity index (χ4v) is 1.99. The van der Waals surface area contributed by atoms with Crippen LogP contribution >= 0.6 is 0 Å². The minimum atomic E-state index is -1.21. The quantitative estimate of drug-likeness (QED) is 0.657. The van der Waals surface area contributed by atoms with E-state index in [-0.39, 0.29) is 11.3 Å². The Labute approximate surface area is 140 Å². The van der Waals surface area contributed by atoms with Gasteiger partial charge in [-0.2, -0.15) is 10.2 Å². The highest BCUT2D eigenvalue weighted by atomic mass is 16.4. The van der Waals surface area contributed by atoms with Crippen molar-refractivity contribution in [3.63, 3.8) is 0 Å². The topological polar surface area (TPSA) is 94.3 Å². The van der Waals surface area contributed by atoms with Crippen molar-refractivity contribution in [3.05, 3.63) is 53.6 Å². The smallest absolute Gasteiger partial charge is 0.339 e. The van der Waals surface area contributed by atoms with Crippen molar-refractivity contribution in [2.24, 2.45) is 10.2 Å². The normalized spacial score (nSPS) is 12.4. The Balaban J connectivity index is 2.04. The van der Waals surface area contributed by atoms with Crippen molar-refractivity contribution in [1.29, 1.82) is 0 Å². The molecule has 24 heavy (non-hydrogen) atoms. The third kappa shape index (κ3) is 4.89. The Morgan fingerprint density at radius 3 is 2.38 bits per heavy atom. The van der Waals surface area contributed by atoms with Crippen LogP contribution in [0.4, 0.5) is 11.4 Å². The number of aromatic hydroxyl groups is 1. The number of rotatable bonds is 7. The van der Waals surface area contributed by atoms with Gasteiger partial charge in [0.25, 0.3) is 0 Å². The number of carbonyl (C=O) groups is 1. The van der Waals surface area contributed by atoms with Crippen molar-refractivity contribution >= 4 is 17.3 Å². The van der Waals surface area contributed by atoms with E-state index in [0.717, 1.165) is 18.5 Å². The number of phenols is 1. The molecule has 0 heterocycles. The van der Waals surface area contributed by atoms with Gasteiger partial charge < -0.3 is 15.5 Å². The van der Waals surface area contributed by atoms with E-state index in [4.69, 9.17) is 5.11 Å². The van der Waals surface area contributed by atoms with E-state index >= 15 is 0 Å². The van der Waals surface area contributed by atoms with Crippen LogP contribution in [0, 0.1) is 0 Å². The first-order valence-corrected chi connectivity index (χ1v) is 7.80. The van der Waals surface area contributed by atoms with E-state index in [1.807, 2.05) is 24.3 Å². The van der Waals surface area contributed by atoms with E-state index < -0.39 is 5.97 Å². The van der Waals surface area contributed by atoms with E-state index in [0.29, 0.717) is 17.4 Å². The van der Waals surface area contributed by atoms with Crippen molar-refractivity contribution in [2.75, 3.05) is 0 Å². The minimum absolute atomic E-state index is 0.196. The summed E-state index contributed by atoms with van der Waals surface area (Å²) < 4.78 is 0. The molecular weight excluding hydrogens is 306 g/mol. The SMILES string of the molecule is CCC(C)NCc1ccc(N=Nc2ccc(O)c(C(=O)O)c2)cc1. The predicted octanol–water partition coefficient (Wildman–Crippen LogP) is 4.39. The first-order chi connectivity index (χ1) is 11.5. The van der Waals surface area contributed by atoms with E-state index in [1.54, 1.807) is 0 Å². The Bertz CT molecular complexity index is 727. The molecule has 6 heteroatoms. The summed E-state index contributed by atoms with van der Waals surface area (Å²) in [7, 11) is 0. The molecule has 126 valence electrons. The lowest BCUT2D eigenvalue weighted by molar-refractivity contribution is 0.0694. The lowest BCUT2D eigenvalue weighted by Crippen LogP contribution is -2.24. The van der Waals surface area contributed by atoms with Crippen LogP contribution in [0.5, 0.6) is 5.75 Å². The van der Waals surface area contributed by atoms with Crippen molar-refractivity contribution in [3.8, 4) is 5.75 Å². The molecule has 1 unspecified atom stereocenters. The molecule has 0 saturated heterocycles. The van der Waals surface area contributed by atoms with Crippen LogP contribution in [0.3, 0.4) is 0 Å². The van der Waals surface area contributed by atoms with Crippen LogP contribution in [0.1, 0.15) is 36.2 Å². The van der Waals surface area contributed by atoms with Crippen LogP contribution in [0.2, 0.25) is 0 Å². The molecule has 1 atom stereocenters. The molecule has 0 aromatic heterocycles. The van der Waals surface area contributed by atoms with Gasteiger partial charge >= 0.3 is 5.97 Å². The Morgan fingerprint density at radius 2 is 1.75 bits per heavy atom. The first-order valence-electron chi connectivity index (χ1n) is 7.80. The maximum atomic E-state index is 11.0. The first kappa shape index (κ1) is 17.6. The highest BCUT2D eigenvalue weighted by Crippen LogP contribution is 2.25. The summed E-state index contributed by atoms with van der Waals surface area (Å²) in [6.07, 6.45) is 1.08. The second kappa shape index (κ2) is 8.21. The van der Waals surface area contributed by atoms with Crippen LogP contribution in [-0.4, -0.2) is 22.2 Å². The molecule has 0 amide bonds. The second-order valence-electron chi connectivity index (χ2n) is 5.56. The Morgan fingerprint density at radius 1 is 1.12 bits per heavy atom. The maximum Gasteiger partial charge on any atom is 0.339 e. The zero-order valence-corrected chi connectivity index (χ0v) is 13.7. The number of carboxylic acid groups (broad SMARTS) is 1. The molecule has 2 aromatic rings. The third-order valence-corrected chi connectivity index (χ3v) is 3.69. The number of hydrogen-bond donors (Lipinski definition) is 3. The zero-order chi connectivity index (χ0) is 17.5. The fraction of sp³-hybridized carbons (Fsp3) is 0.278. The van der Waals surface area contributed by atoms with Gasteiger partial charge in [-0.05, 0) is 49.2 Å². The molecule has 0 radical (unpaired) electrons. The van der Waals surface area contributed by atoms with Crippen molar-refractivity contribution in [1.82, 2.24) is 5.32 Å². The molecule has 0 saturated carbocycles. The molecule has 2 rings (SSSR count). The van der Waals surface area contributed by atoms with Gasteiger partial charge in [0.1, 0.15) is 11.3 Å². The predicted molar refractivity (Wildman–Crippen MR) is 92.3 cm³/mol. The van der Waals surface area contributed by atoms with Gasteiger partial charge in [-0.3, -0.25) is 0 Å². The highest BCUT2D eigenvalue weighted by Gasteiger charge is 2.09. The third-order valence-electron chi connectivity index (χ3n) is 3.69. The maximum absolute atomic E-state index is 11.0. The molecule has 0 bridgehead atoms. The van der Waals surface area contributed by atoms with Gasteiger partial charge in [-0.15, -0.1) is 0 Å². The van der Waals surface area contributed by atoms with Gasteiger partial charge in [0.05, 0.1) is 11.4 Å². The molecule has 0 fully saturated rings. The van der Waals surface area contributed by atoms with Crippen molar-refractivity contribution < 1.29 is 15.0 Å². The van der Waals surface area contributed by atoms with Gasteiger partial charge in [0.2, 0.25) is 0 Å². The second-order valence-corrected chi connectivity index (χ2v) is 5.56. The standard InChI is InChI=1S/C18H21N3O3/c1-3-12(2)19-11-13-4-6-14(7-5-13)20-21-15-8-9-17(22)16(10-15)18(23)24/h4-10,12,19,22H,3,11H2,1-2H3,(H,23,24). The Kier molecular flexibility index (Phi) is 6.03. The number of nitrogens with zero attached hydrogens (tertiary/aromatic N) is 2. The monoisotopic (exact) mass is 327 g/mol. The van der Waals surface area contributed by atoms with E-state index in [1.165, 1.54) is 18.2 Å². The molecule has 0 aliphatic heterocycles. The summed E-state index contributed by atoms with van der Waals surface area (Å²) in [5.74, 6) is -1.50. The number of hydrogen-bond acceptors (Lipinski definition) is 5. The van der Waals surface area contributed by atoms with Crippen molar-refractivity contribution in [2.45, 2.75) is 32.9 Å². The summed E-state index contributed by atoms with van der Waals surface area (Å²) in [4.78, 5) is 11.0. The summed E-state index contributed by atoms with van der Waals surface area (Å²) in [5.41, 5.74) is 2.00. The average molecular weight is 327 g/mol. The largest absolute Gasteiger partial charge is 0.507 e. The molecule has 2 aromatic carbocycles. The minimum Gasteiger partial charge on any atom is -0.507 e. The number of carboxylic acids is 1. The lowest BCUT2D eigenvalue weighted by Gasteiger charge is -2.10. The Hall–Kier alpha value is -2.73. The molecule has 6 nitrogen and oxygen atoms in total. The molecule has 3 N–H and O–H groups in total. The molecule has 0 spiro atoms. The van der Waals surface area contributed by atoms with Crippen LogP contribution in [0.15, 0.2) is 52.7 Å². The summed E-state index contributed by atoms with van der Waals surface area (Å²) in [6, 6.07) is 12.2. The molecule has 0 aliphatic rings. The van der Waals surface area contributed by atoms with E-state index in [2.05, 4.69) is 29.4 Å². The molecular formula is C18H21N3O3. The van der Waals surface area contributed by atoms with Gasteiger partial charge in [0.15, 0.2) is 0 Å². The van der Waals surface area contributed by atoms with Crippen LogP contribution in [-0.2, 0) is 6.54 Å². The van der Waals surface area contributed by atoms with Gasteiger partial charge in [-0.25, -0.2) is 4.79 Å². The summed E-state index contributed by atoms with van der Waals surface area (Å²) in [6.45, 7) is 5.08. The number of azo groups is 1. The average Bonchev–Trinajstić information content (AvgIpc) is 2.59. The van der Waals surface area contributed by atoms with E-state index in [9.17, 15) is 9.90 Å². The lowest BCUT2D eigenvalue weighted by atomic mass is 10.2. The summed E-state index contributed by atoms with van der Waals surface area (Å²) in [5, 5.41) is 30.0. The summed E-state index contributed by atoms with van der Waals surface area (Å²) >= 11 is 0. The molecule has 0 aliphatic carbocycles. The van der Waals surface area contributed by atoms with Gasteiger partial charge in [-0.1, -0.05) is 19.1 Å². The number of aromatic carboxylic acids is 1. The zero-order valence-electron chi connectivity index (χ0n) is 13.7. The number of nitrogens with one attached hydrogen (secondary N) is 1. The van der Waals surface area contributed by atoms with Crippen LogP contribution in [0.25, 0.3) is 0 Å². The highest BCUT2D eigenvalue weighted by molar-refractivity contribution is 5.91.